The van der Waals surface area contributed by atoms with Crippen molar-refractivity contribution in [1.82, 2.24) is 4.90 Å². The smallest absolute Gasteiger partial charge is 0.343 e. The fraction of sp³-hybridized carbons (Fsp3) is 0.562. The summed E-state index contributed by atoms with van der Waals surface area (Å²) >= 11 is 0. The van der Waals surface area contributed by atoms with E-state index in [9.17, 15) is 4.79 Å². The predicted octanol–water partition coefficient (Wildman–Crippen LogP) is 2.39. The molecule has 3 atom stereocenters. The van der Waals surface area contributed by atoms with Gasteiger partial charge < -0.3 is 9.64 Å². The molecule has 3 rings (SSSR count). The Labute approximate surface area is 124 Å². The maximum absolute atomic E-state index is 12.2. The summed E-state index contributed by atoms with van der Waals surface area (Å²) in [5, 5.41) is 9.03. The number of hydrogen-bond donors (Lipinski definition) is 1. The molecule has 114 valence electrons. The standard InChI is InChI=1S/C16H21NO4/c1-17-12-7-8-13(17)10-14(9-12)20-16(18)15(21-19)11-5-3-2-4-6-11/h2-6,12-15,19H,7-10H2,1H3. The maximum Gasteiger partial charge on any atom is 0.343 e. The zero-order valence-corrected chi connectivity index (χ0v) is 12.1. The minimum atomic E-state index is -1.07. The van der Waals surface area contributed by atoms with Crippen LogP contribution in [0.15, 0.2) is 30.3 Å². The van der Waals surface area contributed by atoms with Crippen LogP contribution in [-0.4, -0.2) is 41.4 Å². The van der Waals surface area contributed by atoms with E-state index in [4.69, 9.17) is 9.99 Å². The van der Waals surface area contributed by atoms with E-state index in [-0.39, 0.29) is 6.10 Å². The van der Waals surface area contributed by atoms with Crippen LogP contribution in [0.3, 0.4) is 0 Å². The second kappa shape index (κ2) is 6.13. The average molecular weight is 291 g/mol. The van der Waals surface area contributed by atoms with Gasteiger partial charge in [-0.1, -0.05) is 30.3 Å². The van der Waals surface area contributed by atoms with Gasteiger partial charge in [-0.25, -0.2) is 9.68 Å². The lowest BCUT2D eigenvalue weighted by molar-refractivity contribution is -0.282. The van der Waals surface area contributed by atoms with Crippen LogP contribution >= 0.6 is 0 Å². The maximum atomic E-state index is 12.2. The lowest BCUT2D eigenvalue weighted by Gasteiger charge is -2.36. The summed E-state index contributed by atoms with van der Waals surface area (Å²) in [5.74, 6) is -0.516. The molecule has 1 aromatic rings. The number of carbonyl (C=O) groups excluding carboxylic acids is 1. The Morgan fingerprint density at radius 1 is 1.24 bits per heavy atom. The first kappa shape index (κ1) is 14.5. The first-order chi connectivity index (χ1) is 10.2. The monoisotopic (exact) mass is 291 g/mol. The molecule has 2 aliphatic heterocycles. The van der Waals surface area contributed by atoms with Gasteiger partial charge in [0.2, 0.25) is 6.10 Å². The Hall–Kier alpha value is -1.43. The number of fused-ring (bicyclic) bond motifs is 2. The number of carbonyl (C=O) groups is 1. The predicted molar refractivity (Wildman–Crippen MR) is 76.6 cm³/mol. The summed E-state index contributed by atoms with van der Waals surface area (Å²) in [6.07, 6.45) is 2.94. The zero-order valence-electron chi connectivity index (χ0n) is 12.1. The topological polar surface area (TPSA) is 59.0 Å². The van der Waals surface area contributed by atoms with Crippen molar-refractivity contribution in [2.24, 2.45) is 0 Å². The minimum absolute atomic E-state index is 0.0763. The molecule has 2 aliphatic rings. The summed E-state index contributed by atoms with van der Waals surface area (Å²) in [6.45, 7) is 0. The van der Waals surface area contributed by atoms with Crippen molar-refractivity contribution in [3.8, 4) is 0 Å². The fourth-order valence-corrected chi connectivity index (χ4v) is 3.55. The third-order valence-corrected chi connectivity index (χ3v) is 4.76. The van der Waals surface area contributed by atoms with Crippen molar-refractivity contribution in [1.29, 1.82) is 0 Å². The molecule has 5 nitrogen and oxygen atoms in total. The Kier molecular flexibility index (Phi) is 4.24. The Balaban J connectivity index is 1.63. The molecule has 0 saturated carbocycles. The van der Waals surface area contributed by atoms with E-state index in [0.29, 0.717) is 17.6 Å². The molecular weight excluding hydrogens is 270 g/mol. The molecule has 0 radical (unpaired) electrons. The van der Waals surface area contributed by atoms with E-state index in [1.807, 2.05) is 6.07 Å². The van der Waals surface area contributed by atoms with Crippen LogP contribution in [0.25, 0.3) is 0 Å². The summed E-state index contributed by atoms with van der Waals surface area (Å²) in [7, 11) is 2.14. The second-order valence-electron chi connectivity index (χ2n) is 5.98. The van der Waals surface area contributed by atoms with Crippen LogP contribution in [-0.2, 0) is 14.4 Å². The molecule has 1 aromatic carbocycles. The van der Waals surface area contributed by atoms with Crippen molar-refractivity contribution < 1.29 is 19.7 Å². The Bertz CT molecular complexity index is 478. The van der Waals surface area contributed by atoms with Crippen LogP contribution in [0.2, 0.25) is 0 Å². The minimum Gasteiger partial charge on any atom is -0.460 e. The first-order valence-electron chi connectivity index (χ1n) is 7.46. The summed E-state index contributed by atoms with van der Waals surface area (Å²) in [4.78, 5) is 19.0. The number of rotatable bonds is 4. The first-order valence-corrected chi connectivity index (χ1v) is 7.46. The largest absolute Gasteiger partial charge is 0.460 e. The van der Waals surface area contributed by atoms with Crippen LogP contribution < -0.4 is 0 Å². The highest BCUT2D eigenvalue weighted by molar-refractivity contribution is 5.76. The van der Waals surface area contributed by atoms with Crippen molar-refractivity contribution >= 4 is 5.97 Å². The van der Waals surface area contributed by atoms with E-state index in [2.05, 4.69) is 16.8 Å². The van der Waals surface area contributed by atoms with Crippen molar-refractivity contribution in [2.75, 3.05) is 7.05 Å². The average Bonchev–Trinajstić information content (AvgIpc) is 2.72. The summed E-state index contributed by atoms with van der Waals surface area (Å²) in [5.41, 5.74) is 0.598. The molecule has 2 fully saturated rings. The van der Waals surface area contributed by atoms with Crippen molar-refractivity contribution in [3.05, 3.63) is 35.9 Å². The Morgan fingerprint density at radius 3 is 2.43 bits per heavy atom. The second-order valence-corrected chi connectivity index (χ2v) is 5.98. The van der Waals surface area contributed by atoms with E-state index in [1.165, 1.54) is 12.8 Å². The van der Waals surface area contributed by atoms with Gasteiger partial charge in [0.1, 0.15) is 6.10 Å². The highest BCUT2D eigenvalue weighted by Gasteiger charge is 2.40. The quantitative estimate of drug-likeness (QED) is 0.524. The number of ether oxygens (including phenoxy) is 1. The molecule has 21 heavy (non-hydrogen) atoms. The van der Waals surface area contributed by atoms with Crippen LogP contribution in [0.4, 0.5) is 0 Å². The molecule has 0 aromatic heterocycles. The molecular formula is C16H21NO4. The molecule has 2 heterocycles. The number of hydrogen-bond acceptors (Lipinski definition) is 5. The third kappa shape index (κ3) is 2.95. The normalized spacial score (nSPS) is 30.1. The highest BCUT2D eigenvalue weighted by atomic mass is 17.1. The van der Waals surface area contributed by atoms with E-state index < -0.39 is 12.1 Å². The molecule has 2 bridgehead atoms. The van der Waals surface area contributed by atoms with Gasteiger partial charge in [-0.3, -0.25) is 5.26 Å². The molecule has 0 spiro atoms. The number of piperidine rings is 1. The Morgan fingerprint density at radius 2 is 1.86 bits per heavy atom. The fourth-order valence-electron chi connectivity index (χ4n) is 3.55. The lowest BCUT2D eigenvalue weighted by atomic mass is 10.0. The highest BCUT2D eigenvalue weighted by Crippen LogP contribution is 2.36. The number of esters is 1. The number of nitrogens with zero attached hydrogens (tertiary/aromatic N) is 1. The van der Waals surface area contributed by atoms with Gasteiger partial charge in [0.05, 0.1) is 0 Å². The summed E-state index contributed by atoms with van der Waals surface area (Å²) in [6, 6.07) is 9.92. The molecule has 2 saturated heterocycles. The SMILES string of the molecule is CN1C2CCC1CC(OC(=O)C(OO)c1ccccc1)C2. The number of benzene rings is 1. The van der Waals surface area contributed by atoms with Crippen molar-refractivity contribution in [3.63, 3.8) is 0 Å². The summed E-state index contributed by atoms with van der Waals surface area (Å²) < 4.78 is 5.58. The third-order valence-electron chi connectivity index (χ3n) is 4.76. The van der Waals surface area contributed by atoms with E-state index in [1.54, 1.807) is 24.3 Å². The van der Waals surface area contributed by atoms with E-state index >= 15 is 0 Å². The molecule has 1 N–H and O–H groups in total. The van der Waals surface area contributed by atoms with Gasteiger partial charge in [-0.2, -0.15) is 0 Å². The molecule has 0 amide bonds. The van der Waals surface area contributed by atoms with Crippen LogP contribution in [0.1, 0.15) is 37.4 Å². The van der Waals surface area contributed by atoms with Crippen LogP contribution in [0, 0.1) is 0 Å². The zero-order chi connectivity index (χ0) is 14.8. The lowest BCUT2D eigenvalue weighted by Crippen LogP contribution is -2.43. The van der Waals surface area contributed by atoms with Gasteiger partial charge in [0.15, 0.2) is 0 Å². The van der Waals surface area contributed by atoms with Gasteiger partial charge in [0.25, 0.3) is 0 Å². The molecule has 0 aliphatic carbocycles. The van der Waals surface area contributed by atoms with Gasteiger partial charge >= 0.3 is 5.97 Å². The van der Waals surface area contributed by atoms with Gasteiger partial charge in [-0.15, -0.1) is 0 Å². The van der Waals surface area contributed by atoms with Crippen molar-refractivity contribution in [2.45, 2.75) is 50.0 Å². The van der Waals surface area contributed by atoms with Crippen LogP contribution in [0.5, 0.6) is 0 Å². The van der Waals surface area contributed by atoms with Gasteiger partial charge in [0, 0.05) is 12.1 Å². The molecule has 3 unspecified atom stereocenters. The molecule has 5 heteroatoms. The van der Waals surface area contributed by atoms with Gasteiger partial charge in [-0.05, 0) is 38.3 Å². The van der Waals surface area contributed by atoms with E-state index in [0.717, 1.165) is 12.8 Å².